The smallest absolute Gasteiger partial charge is 0.321 e. The van der Waals surface area contributed by atoms with Crippen molar-refractivity contribution in [2.75, 3.05) is 18.4 Å². The van der Waals surface area contributed by atoms with Crippen LogP contribution in [0.3, 0.4) is 0 Å². The van der Waals surface area contributed by atoms with Crippen LogP contribution in [0.25, 0.3) is 10.9 Å². The SMILES string of the molecule is Cn1ccc2cccc(NC(=O)N3CCCC(C(=O)O)C3)c21. The van der Waals surface area contributed by atoms with Gasteiger partial charge in [-0.25, -0.2) is 4.79 Å². The zero-order chi connectivity index (χ0) is 15.7. The van der Waals surface area contributed by atoms with E-state index in [1.165, 1.54) is 0 Å². The first-order valence-corrected chi connectivity index (χ1v) is 7.39. The minimum Gasteiger partial charge on any atom is -0.481 e. The van der Waals surface area contributed by atoms with Crippen LogP contribution in [0.2, 0.25) is 0 Å². The fourth-order valence-electron chi connectivity index (χ4n) is 3.01. The lowest BCUT2D eigenvalue weighted by molar-refractivity contribution is -0.143. The zero-order valence-corrected chi connectivity index (χ0v) is 12.5. The summed E-state index contributed by atoms with van der Waals surface area (Å²) in [6, 6.07) is 7.51. The minimum atomic E-state index is -0.831. The Hall–Kier alpha value is -2.50. The summed E-state index contributed by atoms with van der Waals surface area (Å²) < 4.78 is 1.96. The molecule has 2 heterocycles. The number of piperidine rings is 1. The fraction of sp³-hybridized carbons (Fsp3) is 0.375. The van der Waals surface area contributed by atoms with Crippen molar-refractivity contribution in [3.63, 3.8) is 0 Å². The van der Waals surface area contributed by atoms with Crippen molar-refractivity contribution < 1.29 is 14.7 Å². The Kier molecular flexibility index (Phi) is 3.75. The van der Waals surface area contributed by atoms with E-state index >= 15 is 0 Å². The van der Waals surface area contributed by atoms with Gasteiger partial charge in [-0.3, -0.25) is 4.79 Å². The molecule has 1 fully saturated rings. The van der Waals surface area contributed by atoms with Gasteiger partial charge in [0.15, 0.2) is 0 Å². The molecule has 1 aromatic heterocycles. The van der Waals surface area contributed by atoms with Crippen molar-refractivity contribution in [2.24, 2.45) is 13.0 Å². The molecule has 0 saturated carbocycles. The van der Waals surface area contributed by atoms with Crippen LogP contribution < -0.4 is 5.32 Å². The Bertz CT molecular complexity index is 722. The molecule has 22 heavy (non-hydrogen) atoms. The van der Waals surface area contributed by atoms with Gasteiger partial charge in [0.05, 0.1) is 17.1 Å². The maximum Gasteiger partial charge on any atom is 0.321 e. The summed E-state index contributed by atoms with van der Waals surface area (Å²) in [5.41, 5.74) is 1.70. The number of carboxylic acids is 1. The lowest BCUT2D eigenvalue weighted by Crippen LogP contribution is -2.44. The Morgan fingerprint density at radius 3 is 2.91 bits per heavy atom. The molecule has 1 aromatic carbocycles. The number of nitrogens with one attached hydrogen (secondary N) is 1. The van der Waals surface area contributed by atoms with Crippen molar-refractivity contribution >= 4 is 28.6 Å². The second-order valence-corrected chi connectivity index (χ2v) is 5.72. The number of benzene rings is 1. The molecule has 3 rings (SSSR count). The van der Waals surface area contributed by atoms with Gasteiger partial charge in [0.2, 0.25) is 0 Å². The number of likely N-dealkylation sites (tertiary alicyclic amines) is 1. The third kappa shape index (κ3) is 2.64. The van der Waals surface area contributed by atoms with Crippen molar-refractivity contribution in [2.45, 2.75) is 12.8 Å². The van der Waals surface area contributed by atoms with Gasteiger partial charge in [0.25, 0.3) is 0 Å². The van der Waals surface area contributed by atoms with Gasteiger partial charge in [0, 0.05) is 31.7 Å². The number of amides is 2. The number of carbonyl (C=O) groups is 2. The maximum atomic E-state index is 12.4. The van der Waals surface area contributed by atoms with E-state index < -0.39 is 11.9 Å². The first kappa shape index (κ1) is 14.4. The lowest BCUT2D eigenvalue weighted by Gasteiger charge is -2.30. The van der Waals surface area contributed by atoms with Gasteiger partial charge in [-0.1, -0.05) is 12.1 Å². The van der Waals surface area contributed by atoms with Crippen molar-refractivity contribution in [3.8, 4) is 0 Å². The van der Waals surface area contributed by atoms with Gasteiger partial charge in [0.1, 0.15) is 0 Å². The van der Waals surface area contributed by atoms with Crippen molar-refractivity contribution in [3.05, 3.63) is 30.5 Å². The molecule has 0 spiro atoms. The maximum absolute atomic E-state index is 12.4. The van der Waals surface area contributed by atoms with Crippen LogP contribution in [0.15, 0.2) is 30.5 Å². The number of carboxylic acid groups (broad SMARTS) is 1. The minimum absolute atomic E-state index is 0.236. The Labute approximate surface area is 128 Å². The molecule has 1 aliphatic rings. The van der Waals surface area contributed by atoms with Crippen LogP contribution in [-0.2, 0) is 11.8 Å². The van der Waals surface area contributed by atoms with Gasteiger partial charge < -0.3 is 19.9 Å². The summed E-state index contributed by atoms with van der Waals surface area (Å²) in [6.07, 6.45) is 3.30. The fourth-order valence-corrected chi connectivity index (χ4v) is 3.01. The molecule has 0 bridgehead atoms. The quantitative estimate of drug-likeness (QED) is 0.895. The Morgan fingerprint density at radius 2 is 2.14 bits per heavy atom. The number of aromatic nitrogens is 1. The van der Waals surface area contributed by atoms with Gasteiger partial charge in [-0.2, -0.15) is 0 Å². The molecule has 0 radical (unpaired) electrons. The van der Waals surface area contributed by atoms with E-state index in [0.29, 0.717) is 13.0 Å². The van der Waals surface area contributed by atoms with Crippen LogP contribution in [0.1, 0.15) is 12.8 Å². The summed E-state index contributed by atoms with van der Waals surface area (Å²) in [4.78, 5) is 25.1. The molecular formula is C16H19N3O3. The number of rotatable bonds is 2. The lowest BCUT2D eigenvalue weighted by atomic mass is 9.99. The monoisotopic (exact) mass is 301 g/mol. The first-order valence-electron chi connectivity index (χ1n) is 7.39. The topological polar surface area (TPSA) is 74.6 Å². The van der Waals surface area contributed by atoms with E-state index in [4.69, 9.17) is 5.11 Å². The molecule has 2 amide bonds. The molecule has 116 valence electrons. The average Bonchev–Trinajstić information content (AvgIpc) is 2.90. The van der Waals surface area contributed by atoms with Crippen LogP contribution in [0.4, 0.5) is 10.5 Å². The molecule has 6 heteroatoms. The normalized spacial score (nSPS) is 18.4. The number of anilines is 1. The third-order valence-electron chi connectivity index (χ3n) is 4.20. The Balaban J connectivity index is 1.78. The predicted octanol–water partition coefficient (Wildman–Crippen LogP) is 2.51. The van der Waals surface area contributed by atoms with Gasteiger partial charge in [-0.15, -0.1) is 0 Å². The highest BCUT2D eigenvalue weighted by Crippen LogP contribution is 2.25. The number of hydrogen-bond acceptors (Lipinski definition) is 2. The highest BCUT2D eigenvalue weighted by atomic mass is 16.4. The average molecular weight is 301 g/mol. The van der Waals surface area contributed by atoms with E-state index in [0.717, 1.165) is 23.0 Å². The second kappa shape index (κ2) is 5.71. The van der Waals surface area contributed by atoms with Crippen molar-refractivity contribution in [1.82, 2.24) is 9.47 Å². The summed E-state index contributed by atoms with van der Waals surface area (Å²) in [5.74, 6) is -1.30. The zero-order valence-electron chi connectivity index (χ0n) is 12.5. The van der Waals surface area contributed by atoms with Crippen molar-refractivity contribution in [1.29, 1.82) is 0 Å². The van der Waals surface area contributed by atoms with E-state index in [2.05, 4.69) is 5.32 Å². The van der Waals surface area contributed by atoms with E-state index in [1.807, 2.05) is 42.1 Å². The highest BCUT2D eigenvalue weighted by molar-refractivity contribution is 6.00. The third-order valence-corrected chi connectivity index (χ3v) is 4.20. The summed E-state index contributed by atoms with van der Waals surface area (Å²) in [6.45, 7) is 0.864. The van der Waals surface area contributed by atoms with E-state index in [1.54, 1.807) is 4.90 Å². The summed E-state index contributed by atoms with van der Waals surface area (Å²) in [5, 5.41) is 13.1. The van der Waals surface area contributed by atoms with Gasteiger partial charge in [-0.05, 0) is 25.0 Å². The molecule has 1 unspecified atom stereocenters. The summed E-state index contributed by atoms with van der Waals surface area (Å²) >= 11 is 0. The molecule has 0 aliphatic carbocycles. The molecule has 2 N–H and O–H groups in total. The molecule has 6 nitrogen and oxygen atoms in total. The number of para-hydroxylation sites is 1. The highest BCUT2D eigenvalue weighted by Gasteiger charge is 2.28. The number of urea groups is 1. The second-order valence-electron chi connectivity index (χ2n) is 5.72. The number of fused-ring (bicyclic) bond motifs is 1. The van der Waals surface area contributed by atoms with E-state index in [-0.39, 0.29) is 12.6 Å². The molecule has 1 atom stereocenters. The van der Waals surface area contributed by atoms with E-state index in [9.17, 15) is 9.59 Å². The van der Waals surface area contributed by atoms with Crippen LogP contribution >= 0.6 is 0 Å². The Morgan fingerprint density at radius 1 is 1.32 bits per heavy atom. The number of nitrogens with zero attached hydrogens (tertiary/aromatic N) is 2. The standard InChI is InChI=1S/C16H19N3O3/c1-18-9-7-11-4-2-6-13(14(11)18)17-16(22)19-8-3-5-12(10-19)15(20)21/h2,4,6-7,9,12H,3,5,8,10H2,1H3,(H,17,22)(H,20,21). The number of aliphatic carboxylic acids is 1. The first-order chi connectivity index (χ1) is 10.6. The summed E-state index contributed by atoms with van der Waals surface area (Å²) in [7, 11) is 1.93. The number of aryl methyl sites for hydroxylation is 1. The molecular weight excluding hydrogens is 282 g/mol. The van der Waals surface area contributed by atoms with Crippen LogP contribution in [-0.4, -0.2) is 39.7 Å². The van der Waals surface area contributed by atoms with Gasteiger partial charge >= 0.3 is 12.0 Å². The van der Waals surface area contributed by atoms with Crippen LogP contribution in [0.5, 0.6) is 0 Å². The number of carbonyl (C=O) groups excluding carboxylic acids is 1. The molecule has 2 aromatic rings. The van der Waals surface area contributed by atoms with Crippen LogP contribution in [0, 0.1) is 5.92 Å². The predicted molar refractivity (Wildman–Crippen MR) is 83.9 cm³/mol. The molecule has 1 saturated heterocycles. The number of hydrogen-bond donors (Lipinski definition) is 2. The molecule has 1 aliphatic heterocycles. The largest absolute Gasteiger partial charge is 0.481 e.